The van der Waals surface area contributed by atoms with E-state index in [0.717, 1.165) is 56.9 Å². The molecule has 1 aromatic heterocycles. The topological polar surface area (TPSA) is 41.4 Å². The van der Waals surface area contributed by atoms with Crippen molar-refractivity contribution in [1.82, 2.24) is 14.7 Å². The van der Waals surface area contributed by atoms with Crippen LogP contribution in [0.25, 0.3) is 0 Å². The average molecular weight is 310 g/mol. The molecule has 0 radical (unpaired) electrons. The van der Waals surface area contributed by atoms with Crippen molar-refractivity contribution < 1.29 is 0 Å². The fourth-order valence-electron chi connectivity index (χ4n) is 2.56. The molecule has 21 heavy (non-hydrogen) atoms. The largest absolute Gasteiger partial charge is 0.368 e. The highest BCUT2D eigenvalue weighted by Crippen LogP contribution is 2.12. The molecule has 0 bridgehead atoms. The standard InChI is InChI=1S/C15H26N4OS/c1-17-7-9-18(10-8-17)14-12-15(20)19(16-13-14)6-4-2-3-5-11-21/h12-13,21H,2-11H2,1H3. The molecular formula is C15H26N4OS. The van der Waals surface area contributed by atoms with Gasteiger partial charge >= 0.3 is 0 Å². The molecule has 0 N–H and O–H groups in total. The highest BCUT2D eigenvalue weighted by Gasteiger charge is 2.15. The van der Waals surface area contributed by atoms with E-state index in [2.05, 4.69) is 34.6 Å². The SMILES string of the molecule is CN1CCN(c2cnn(CCCCCCS)c(=O)c2)CC1. The third-order valence-electron chi connectivity index (χ3n) is 4.00. The molecule has 1 aliphatic heterocycles. The van der Waals surface area contributed by atoms with E-state index in [9.17, 15) is 4.79 Å². The number of hydrogen-bond acceptors (Lipinski definition) is 5. The molecule has 0 aromatic carbocycles. The number of piperazine rings is 1. The predicted molar refractivity (Wildman–Crippen MR) is 90.5 cm³/mol. The Kier molecular flexibility index (Phi) is 6.57. The van der Waals surface area contributed by atoms with Gasteiger partial charge in [-0.15, -0.1) is 0 Å². The maximum Gasteiger partial charge on any atom is 0.268 e. The summed E-state index contributed by atoms with van der Waals surface area (Å²) in [6.07, 6.45) is 6.30. The van der Waals surface area contributed by atoms with Gasteiger partial charge in [-0.3, -0.25) is 4.79 Å². The minimum Gasteiger partial charge on any atom is -0.368 e. The molecule has 0 unspecified atom stereocenters. The second-order valence-corrected chi connectivity index (χ2v) is 6.15. The zero-order chi connectivity index (χ0) is 15.1. The molecule has 5 nitrogen and oxygen atoms in total. The minimum atomic E-state index is 0.0145. The van der Waals surface area contributed by atoms with Gasteiger partial charge in [0.2, 0.25) is 0 Å². The van der Waals surface area contributed by atoms with Gasteiger partial charge in [-0.1, -0.05) is 12.8 Å². The molecule has 1 aromatic rings. The summed E-state index contributed by atoms with van der Waals surface area (Å²) >= 11 is 4.20. The van der Waals surface area contributed by atoms with Crippen molar-refractivity contribution in [3.63, 3.8) is 0 Å². The second kappa shape index (κ2) is 8.44. The van der Waals surface area contributed by atoms with Gasteiger partial charge in [-0.25, -0.2) is 4.68 Å². The van der Waals surface area contributed by atoms with Gasteiger partial charge in [0.25, 0.3) is 5.56 Å². The fraction of sp³-hybridized carbons (Fsp3) is 0.733. The van der Waals surface area contributed by atoms with Gasteiger partial charge in [-0.2, -0.15) is 17.7 Å². The Morgan fingerprint density at radius 3 is 2.52 bits per heavy atom. The zero-order valence-electron chi connectivity index (χ0n) is 12.9. The van der Waals surface area contributed by atoms with Crippen LogP contribution in [-0.4, -0.2) is 53.7 Å². The Morgan fingerprint density at radius 1 is 1.14 bits per heavy atom. The fourth-order valence-corrected chi connectivity index (χ4v) is 2.78. The molecule has 2 rings (SSSR count). The van der Waals surface area contributed by atoms with Gasteiger partial charge in [-0.05, 0) is 25.6 Å². The zero-order valence-corrected chi connectivity index (χ0v) is 13.8. The lowest BCUT2D eigenvalue weighted by Gasteiger charge is -2.33. The van der Waals surface area contributed by atoms with E-state index in [1.165, 1.54) is 6.42 Å². The van der Waals surface area contributed by atoms with Crippen molar-refractivity contribution >= 4 is 18.3 Å². The Hall–Kier alpha value is -1.01. The van der Waals surface area contributed by atoms with Crippen molar-refractivity contribution in [2.24, 2.45) is 0 Å². The van der Waals surface area contributed by atoms with Gasteiger partial charge in [0.05, 0.1) is 11.9 Å². The number of hydrogen-bond donors (Lipinski definition) is 1. The van der Waals surface area contributed by atoms with Gasteiger partial charge in [0.1, 0.15) is 0 Å². The van der Waals surface area contributed by atoms with Crippen LogP contribution in [0.2, 0.25) is 0 Å². The molecule has 6 heteroatoms. The quantitative estimate of drug-likeness (QED) is 0.612. The summed E-state index contributed by atoms with van der Waals surface area (Å²) in [6, 6.07) is 1.73. The second-order valence-electron chi connectivity index (χ2n) is 5.70. The number of rotatable bonds is 7. The summed E-state index contributed by atoms with van der Waals surface area (Å²) in [7, 11) is 2.13. The van der Waals surface area contributed by atoms with Crippen molar-refractivity contribution in [2.45, 2.75) is 32.2 Å². The highest BCUT2D eigenvalue weighted by atomic mass is 32.1. The number of anilines is 1. The maximum absolute atomic E-state index is 12.1. The summed E-state index contributed by atoms with van der Waals surface area (Å²) in [5.41, 5.74) is 0.972. The first kappa shape index (κ1) is 16.4. The van der Waals surface area contributed by atoms with Crippen LogP contribution in [0.15, 0.2) is 17.1 Å². The van der Waals surface area contributed by atoms with Crippen molar-refractivity contribution in [3.8, 4) is 0 Å². The minimum absolute atomic E-state index is 0.0145. The molecule has 2 heterocycles. The monoisotopic (exact) mass is 310 g/mol. The first-order chi connectivity index (χ1) is 10.2. The highest BCUT2D eigenvalue weighted by molar-refractivity contribution is 7.80. The molecule has 0 saturated carbocycles. The predicted octanol–water partition coefficient (Wildman–Crippen LogP) is 1.49. The smallest absolute Gasteiger partial charge is 0.268 e. The molecule has 0 amide bonds. The van der Waals surface area contributed by atoms with Crippen LogP contribution in [0.3, 0.4) is 0 Å². The van der Waals surface area contributed by atoms with Gasteiger partial charge in [0.15, 0.2) is 0 Å². The Balaban J connectivity index is 1.87. The first-order valence-corrected chi connectivity index (χ1v) is 8.45. The van der Waals surface area contributed by atoms with Crippen molar-refractivity contribution in [3.05, 3.63) is 22.6 Å². The first-order valence-electron chi connectivity index (χ1n) is 7.82. The number of likely N-dealkylation sites (N-methyl/N-ethyl adjacent to an activating group) is 1. The summed E-state index contributed by atoms with van der Waals surface area (Å²) < 4.78 is 1.58. The van der Waals surface area contributed by atoms with E-state index in [1.54, 1.807) is 10.7 Å². The van der Waals surface area contributed by atoms with Gasteiger partial charge < -0.3 is 9.80 Å². The molecule has 118 valence electrons. The normalized spacial score (nSPS) is 16.4. The molecule has 0 atom stereocenters. The lowest BCUT2D eigenvalue weighted by Crippen LogP contribution is -2.45. The van der Waals surface area contributed by atoms with Gasteiger partial charge in [0, 0.05) is 38.8 Å². The van der Waals surface area contributed by atoms with Crippen LogP contribution >= 0.6 is 12.6 Å². The van der Waals surface area contributed by atoms with Crippen LogP contribution < -0.4 is 10.5 Å². The summed E-state index contributed by atoms with van der Waals surface area (Å²) in [5.74, 6) is 0.942. The number of unbranched alkanes of at least 4 members (excludes halogenated alkanes) is 3. The number of thiol groups is 1. The van der Waals surface area contributed by atoms with E-state index >= 15 is 0 Å². The number of aromatic nitrogens is 2. The Morgan fingerprint density at radius 2 is 1.86 bits per heavy atom. The lowest BCUT2D eigenvalue weighted by atomic mass is 10.2. The Labute approximate surface area is 132 Å². The average Bonchev–Trinajstić information content (AvgIpc) is 2.49. The van der Waals surface area contributed by atoms with E-state index in [4.69, 9.17) is 0 Å². The van der Waals surface area contributed by atoms with Crippen LogP contribution in [0.4, 0.5) is 5.69 Å². The van der Waals surface area contributed by atoms with E-state index < -0.39 is 0 Å². The van der Waals surface area contributed by atoms with Crippen LogP contribution in [0.5, 0.6) is 0 Å². The number of nitrogens with zero attached hydrogens (tertiary/aromatic N) is 4. The third kappa shape index (κ3) is 5.04. The molecule has 1 fully saturated rings. The molecule has 1 aliphatic rings. The summed E-state index contributed by atoms with van der Waals surface area (Å²) in [5, 5.41) is 4.32. The Bertz CT molecular complexity index is 483. The molecule has 0 aliphatic carbocycles. The summed E-state index contributed by atoms with van der Waals surface area (Å²) in [4.78, 5) is 16.7. The van der Waals surface area contributed by atoms with E-state index in [1.807, 2.05) is 6.20 Å². The maximum atomic E-state index is 12.1. The lowest BCUT2D eigenvalue weighted by molar-refractivity contribution is 0.312. The van der Waals surface area contributed by atoms with E-state index in [0.29, 0.717) is 6.54 Å². The van der Waals surface area contributed by atoms with E-state index in [-0.39, 0.29) is 5.56 Å². The molecular weight excluding hydrogens is 284 g/mol. The van der Waals surface area contributed by atoms with Crippen molar-refractivity contribution in [1.29, 1.82) is 0 Å². The third-order valence-corrected chi connectivity index (χ3v) is 4.32. The molecule has 0 spiro atoms. The van der Waals surface area contributed by atoms with Crippen LogP contribution in [-0.2, 0) is 6.54 Å². The van der Waals surface area contributed by atoms with Crippen molar-refractivity contribution in [2.75, 3.05) is 43.9 Å². The number of aryl methyl sites for hydroxylation is 1. The molecule has 1 saturated heterocycles. The van der Waals surface area contributed by atoms with Crippen LogP contribution in [0.1, 0.15) is 25.7 Å². The van der Waals surface area contributed by atoms with Crippen LogP contribution in [0, 0.1) is 0 Å². The summed E-state index contributed by atoms with van der Waals surface area (Å²) in [6.45, 7) is 4.72.